The first-order chi connectivity index (χ1) is 7.25. The number of ether oxygens (including phenoxy) is 1. The van der Waals surface area contributed by atoms with Gasteiger partial charge in [-0.25, -0.2) is 4.98 Å². The summed E-state index contributed by atoms with van der Waals surface area (Å²) >= 11 is 1.54. The minimum Gasteiger partial charge on any atom is -0.378 e. The van der Waals surface area contributed by atoms with Crippen LogP contribution in [-0.2, 0) is 16.0 Å². The van der Waals surface area contributed by atoms with Crippen LogP contribution in [0.15, 0.2) is 5.38 Å². The molecule has 1 aliphatic rings. The molecule has 1 unspecified atom stereocenters. The second-order valence-electron chi connectivity index (χ2n) is 3.61. The summed E-state index contributed by atoms with van der Waals surface area (Å²) in [5.41, 5.74) is 0.982. The molecule has 15 heavy (non-hydrogen) atoms. The highest BCUT2D eigenvalue weighted by atomic mass is 32.1. The van der Waals surface area contributed by atoms with Gasteiger partial charge in [0.05, 0.1) is 25.7 Å². The summed E-state index contributed by atoms with van der Waals surface area (Å²) < 4.78 is 5.25. The van der Waals surface area contributed by atoms with E-state index in [4.69, 9.17) is 4.74 Å². The van der Waals surface area contributed by atoms with Gasteiger partial charge in [-0.15, -0.1) is 11.3 Å². The molecule has 4 nitrogen and oxygen atoms in total. The fraction of sp³-hybridized carbons (Fsp3) is 0.600. The van der Waals surface area contributed by atoms with Crippen molar-refractivity contribution >= 4 is 17.1 Å². The molecule has 1 saturated heterocycles. The van der Waals surface area contributed by atoms with Crippen molar-refractivity contribution < 1.29 is 9.53 Å². The molecule has 82 valence electrons. The molecule has 1 fully saturated rings. The lowest BCUT2D eigenvalue weighted by atomic mass is 10.1. The van der Waals surface area contributed by atoms with E-state index < -0.39 is 0 Å². The molecule has 2 rings (SSSR count). The summed E-state index contributed by atoms with van der Waals surface area (Å²) in [4.78, 5) is 16.1. The molecule has 0 aliphatic carbocycles. The lowest BCUT2D eigenvalue weighted by Gasteiger charge is -2.22. The van der Waals surface area contributed by atoms with Crippen molar-refractivity contribution in [2.24, 2.45) is 0 Å². The van der Waals surface area contributed by atoms with Gasteiger partial charge in [0.25, 0.3) is 0 Å². The Kier molecular flexibility index (Phi) is 3.45. The van der Waals surface area contributed by atoms with Crippen LogP contribution in [0, 0.1) is 6.92 Å². The molecular weight excluding hydrogens is 212 g/mol. The van der Waals surface area contributed by atoms with Crippen LogP contribution < -0.4 is 5.32 Å². The van der Waals surface area contributed by atoms with Crippen LogP contribution in [0.5, 0.6) is 0 Å². The van der Waals surface area contributed by atoms with Crippen LogP contribution in [0.1, 0.15) is 10.7 Å². The van der Waals surface area contributed by atoms with Gasteiger partial charge in [-0.05, 0) is 6.92 Å². The smallest absolute Gasteiger partial charge is 0.158 e. The Morgan fingerprint density at radius 2 is 2.67 bits per heavy atom. The van der Waals surface area contributed by atoms with Gasteiger partial charge < -0.3 is 10.1 Å². The Morgan fingerprint density at radius 1 is 1.80 bits per heavy atom. The summed E-state index contributed by atoms with van der Waals surface area (Å²) in [6.45, 7) is 3.88. The first-order valence-corrected chi connectivity index (χ1v) is 5.88. The second-order valence-corrected chi connectivity index (χ2v) is 4.55. The van der Waals surface area contributed by atoms with E-state index in [1.165, 1.54) is 0 Å². The number of hydrogen-bond donors (Lipinski definition) is 1. The van der Waals surface area contributed by atoms with E-state index in [0.29, 0.717) is 19.6 Å². The van der Waals surface area contributed by atoms with Gasteiger partial charge in [0.2, 0.25) is 0 Å². The molecule has 1 aromatic heterocycles. The van der Waals surface area contributed by atoms with Gasteiger partial charge in [-0.2, -0.15) is 0 Å². The fourth-order valence-electron chi connectivity index (χ4n) is 1.53. The summed E-state index contributed by atoms with van der Waals surface area (Å²) in [6, 6.07) is -0.150. The minimum absolute atomic E-state index is 0.150. The number of nitrogens with one attached hydrogen (secondary N) is 1. The predicted molar refractivity (Wildman–Crippen MR) is 58.2 cm³/mol. The Morgan fingerprint density at radius 3 is 3.27 bits per heavy atom. The van der Waals surface area contributed by atoms with E-state index in [0.717, 1.165) is 17.2 Å². The number of morpholine rings is 1. The molecule has 0 radical (unpaired) electrons. The molecule has 1 aromatic rings. The third-order valence-corrected chi connectivity index (χ3v) is 3.27. The van der Waals surface area contributed by atoms with Crippen molar-refractivity contribution in [1.82, 2.24) is 10.3 Å². The predicted octanol–water partition coefficient (Wildman–Crippen LogP) is 0.552. The number of nitrogens with zero attached hydrogens (tertiary/aromatic N) is 1. The number of carbonyl (C=O) groups is 1. The number of Topliss-reactive ketones (excluding diaryl/α,β-unsaturated/α-hetero) is 1. The van der Waals surface area contributed by atoms with E-state index >= 15 is 0 Å². The lowest BCUT2D eigenvalue weighted by molar-refractivity contribution is -0.123. The average Bonchev–Trinajstić information content (AvgIpc) is 2.65. The summed E-state index contributed by atoms with van der Waals surface area (Å²) in [6.07, 6.45) is 0.416. The summed E-state index contributed by atoms with van der Waals surface area (Å²) in [5, 5.41) is 6.01. The third kappa shape index (κ3) is 2.84. The third-order valence-electron chi connectivity index (χ3n) is 2.30. The van der Waals surface area contributed by atoms with Gasteiger partial charge in [-0.1, -0.05) is 0 Å². The van der Waals surface area contributed by atoms with Gasteiger partial charge in [0.15, 0.2) is 5.78 Å². The van der Waals surface area contributed by atoms with Gasteiger partial charge in [0.1, 0.15) is 5.01 Å². The van der Waals surface area contributed by atoms with E-state index in [9.17, 15) is 4.79 Å². The standard InChI is InChI=1S/C10H14N2O2S/c1-7-6-15-10(12-7)4-9(13)8-5-14-3-2-11-8/h6,8,11H,2-5H2,1H3. The van der Waals surface area contributed by atoms with Crippen LogP contribution in [0.25, 0.3) is 0 Å². The van der Waals surface area contributed by atoms with Crippen LogP contribution in [0.3, 0.4) is 0 Å². The minimum atomic E-state index is -0.150. The van der Waals surface area contributed by atoms with Crippen molar-refractivity contribution in [2.45, 2.75) is 19.4 Å². The first-order valence-electron chi connectivity index (χ1n) is 5.00. The van der Waals surface area contributed by atoms with Crippen molar-refractivity contribution in [3.63, 3.8) is 0 Å². The highest BCUT2D eigenvalue weighted by molar-refractivity contribution is 7.09. The van der Waals surface area contributed by atoms with E-state index in [-0.39, 0.29) is 11.8 Å². The number of aryl methyl sites for hydroxylation is 1. The average molecular weight is 226 g/mol. The SMILES string of the molecule is Cc1csc(CC(=O)C2COCCN2)n1. The molecule has 1 N–H and O–H groups in total. The fourth-order valence-corrected chi connectivity index (χ4v) is 2.31. The molecule has 0 amide bonds. The van der Waals surface area contributed by atoms with Gasteiger partial charge in [-0.3, -0.25) is 4.79 Å². The van der Waals surface area contributed by atoms with Crippen molar-refractivity contribution in [1.29, 1.82) is 0 Å². The number of rotatable bonds is 3. The van der Waals surface area contributed by atoms with Crippen molar-refractivity contribution in [3.05, 3.63) is 16.1 Å². The molecule has 2 heterocycles. The normalized spacial score (nSPS) is 21.5. The van der Waals surface area contributed by atoms with Gasteiger partial charge >= 0.3 is 0 Å². The summed E-state index contributed by atoms with van der Waals surface area (Å²) in [5.74, 6) is 0.170. The number of thiazole rings is 1. The number of carbonyl (C=O) groups excluding carboxylic acids is 1. The maximum atomic E-state index is 11.8. The number of ketones is 1. The molecular formula is C10H14N2O2S. The largest absolute Gasteiger partial charge is 0.378 e. The Hall–Kier alpha value is -0.780. The molecule has 0 spiro atoms. The van der Waals surface area contributed by atoms with E-state index in [1.54, 1.807) is 11.3 Å². The molecule has 0 saturated carbocycles. The monoisotopic (exact) mass is 226 g/mol. The maximum absolute atomic E-state index is 11.8. The topological polar surface area (TPSA) is 51.2 Å². The van der Waals surface area contributed by atoms with Crippen molar-refractivity contribution in [3.8, 4) is 0 Å². The summed E-state index contributed by atoms with van der Waals surface area (Å²) in [7, 11) is 0. The highest BCUT2D eigenvalue weighted by Gasteiger charge is 2.21. The lowest BCUT2D eigenvalue weighted by Crippen LogP contribution is -2.47. The number of aromatic nitrogens is 1. The zero-order valence-corrected chi connectivity index (χ0v) is 9.47. The molecule has 0 bridgehead atoms. The molecule has 0 aromatic carbocycles. The van der Waals surface area contributed by atoms with E-state index in [1.807, 2.05) is 12.3 Å². The molecule has 1 atom stereocenters. The Bertz CT molecular complexity index is 345. The Balaban J connectivity index is 1.91. The van der Waals surface area contributed by atoms with Crippen LogP contribution in [0.2, 0.25) is 0 Å². The van der Waals surface area contributed by atoms with Crippen LogP contribution >= 0.6 is 11.3 Å². The van der Waals surface area contributed by atoms with Gasteiger partial charge in [0, 0.05) is 17.6 Å². The van der Waals surface area contributed by atoms with Crippen LogP contribution in [0.4, 0.5) is 0 Å². The first kappa shape index (κ1) is 10.7. The number of hydrogen-bond acceptors (Lipinski definition) is 5. The molecule has 5 heteroatoms. The van der Waals surface area contributed by atoms with E-state index in [2.05, 4.69) is 10.3 Å². The molecule has 1 aliphatic heterocycles. The highest BCUT2D eigenvalue weighted by Crippen LogP contribution is 2.10. The van der Waals surface area contributed by atoms with Crippen molar-refractivity contribution in [2.75, 3.05) is 19.8 Å². The second kappa shape index (κ2) is 4.83. The Labute approximate surface area is 92.7 Å². The van der Waals surface area contributed by atoms with Crippen LogP contribution in [-0.4, -0.2) is 36.6 Å². The zero-order chi connectivity index (χ0) is 10.7. The maximum Gasteiger partial charge on any atom is 0.158 e. The zero-order valence-electron chi connectivity index (χ0n) is 8.66. The quantitative estimate of drug-likeness (QED) is 0.818.